The third-order valence-electron chi connectivity index (χ3n) is 5.61. The molecule has 0 bridgehead atoms. The van der Waals surface area contributed by atoms with Gasteiger partial charge in [-0.1, -0.05) is 41.9 Å². The van der Waals surface area contributed by atoms with Crippen LogP contribution in [0.4, 0.5) is 0 Å². The van der Waals surface area contributed by atoms with Crippen molar-refractivity contribution in [1.82, 2.24) is 0 Å². The van der Waals surface area contributed by atoms with Gasteiger partial charge in [-0.15, -0.1) is 0 Å². The fourth-order valence-corrected chi connectivity index (χ4v) is 4.04. The third kappa shape index (κ3) is 4.20. The zero-order valence-electron chi connectivity index (χ0n) is 15.1. The van der Waals surface area contributed by atoms with Crippen molar-refractivity contribution in [2.24, 2.45) is 0 Å². The van der Waals surface area contributed by atoms with E-state index in [1.165, 1.54) is 29.5 Å². The molecule has 1 aliphatic carbocycles. The monoisotopic (exact) mass is 388 g/mol. The largest absolute Gasteiger partial charge is 0.394 e. The molecule has 0 amide bonds. The van der Waals surface area contributed by atoms with Crippen LogP contribution in [-0.4, -0.2) is 40.2 Å². The molecule has 4 rings (SSSR count). The summed E-state index contributed by atoms with van der Waals surface area (Å²) in [6, 6.07) is 14.3. The van der Waals surface area contributed by atoms with Crippen molar-refractivity contribution in [3.8, 4) is 0 Å². The van der Waals surface area contributed by atoms with Crippen molar-refractivity contribution >= 4 is 11.6 Å². The van der Waals surface area contributed by atoms with Gasteiger partial charge in [0.2, 0.25) is 0 Å². The predicted octanol–water partition coefficient (Wildman–Crippen LogP) is 3.35. The number of ether oxygens (including phenoxy) is 1. The number of hydrogen-bond acceptors (Lipinski definition) is 4. The summed E-state index contributed by atoms with van der Waals surface area (Å²) in [5, 5.41) is 30.3. The molecule has 1 saturated carbocycles. The van der Waals surface area contributed by atoms with E-state index in [0.717, 1.165) is 17.0 Å². The SMILES string of the molecule is OC[C@H]1O[C@@H](c2ccc(C3CC3)c(Cc3ccc(Cl)cc3)c2)C[C@@H](O)[C@@H]1O. The van der Waals surface area contributed by atoms with Gasteiger partial charge < -0.3 is 20.1 Å². The normalized spacial score (nSPS) is 28.3. The van der Waals surface area contributed by atoms with Crippen LogP contribution in [0, 0.1) is 0 Å². The fourth-order valence-electron chi connectivity index (χ4n) is 3.91. The molecule has 4 atom stereocenters. The second-order valence-corrected chi connectivity index (χ2v) is 8.11. The summed E-state index contributed by atoms with van der Waals surface area (Å²) < 4.78 is 5.86. The maximum atomic E-state index is 10.1. The minimum atomic E-state index is -1.05. The predicted molar refractivity (Wildman–Crippen MR) is 104 cm³/mol. The van der Waals surface area contributed by atoms with E-state index in [1.807, 2.05) is 24.3 Å². The van der Waals surface area contributed by atoms with Crippen LogP contribution in [0.3, 0.4) is 0 Å². The molecule has 2 fully saturated rings. The first-order chi connectivity index (χ1) is 13.0. The van der Waals surface area contributed by atoms with Gasteiger partial charge >= 0.3 is 0 Å². The van der Waals surface area contributed by atoms with Crippen LogP contribution < -0.4 is 0 Å². The number of aliphatic hydroxyl groups is 3. The molecule has 2 aromatic rings. The first-order valence-corrected chi connectivity index (χ1v) is 9.92. The first-order valence-electron chi connectivity index (χ1n) is 9.54. The third-order valence-corrected chi connectivity index (χ3v) is 5.87. The van der Waals surface area contributed by atoms with E-state index in [1.54, 1.807) is 0 Å². The summed E-state index contributed by atoms with van der Waals surface area (Å²) in [6.07, 6.45) is 0.543. The minimum Gasteiger partial charge on any atom is -0.394 e. The highest BCUT2D eigenvalue weighted by molar-refractivity contribution is 6.30. The highest BCUT2D eigenvalue weighted by atomic mass is 35.5. The zero-order valence-corrected chi connectivity index (χ0v) is 15.8. The topological polar surface area (TPSA) is 69.9 Å². The van der Waals surface area contributed by atoms with Crippen molar-refractivity contribution in [2.45, 2.75) is 56.0 Å². The van der Waals surface area contributed by atoms with Crippen LogP contribution in [0.5, 0.6) is 0 Å². The summed E-state index contributed by atoms with van der Waals surface area (Å²) >= 11 is 6.00. The minimum absolute atomic E-state index is 0.313. The van der Waals surface area contributed by atoms with Gasteiger partial charge in [-0.05, 0) is 59.6 Å². The Kier molecular flexibility index (Phi) is 5.53. The van der Waals surface area contributed by atoms with Crippen LogP contribution in [0.25, 0.3) is 0 Å². The fraction of sp³-hybridized carbons (Fsp3) is 0.455. The highest BCUT2D eigenvalue weighted by Crippen LogP contribution is 2.43. The molecule has 0 unspecified atom stereocenters. The van der Waals surface area contributed by atoms with Crippen molar-refractivity contribution in [3.05, 3.63) is 69.7 Å². The van der Waals surface area contributed by atoms with Crippen molar-refractivity contribution < 1.29 is 20.1 Å². The highest BCUT2D eigenvalue weighted by Gasteiger charge is 2.37. The van der Waals surface area contributed by atoms with Gasteiger partial charge in [0.25, 0.3) is 0 Å². The lowest BCUT2D eigenvalue weighted by atomic mass is 9.90. The number of benzene rings is 2. The summed E-state index contributed by atoms with van der Waals surface area (Å²) in [6.45, 7) is -0.313. The lowest BCUT2D eigenvalue weighted by Gasteiger charge is -2.36. The number of rotatable bonds is 5. The van der Waals surface area contributed by atoms with Crippen molar-refractivity contribution in [3.63, 3.8) is 0 Å². The quantitative estimate of drug-likeness (QED) is 0.734. The second-order valence-electron chi connectivity index (χ2n) is 7.68. The molecule has 5 heteroatoms. The molecule has 0 aromatic heterocycles. The lowest BCUT2D eigenvalue weighted by Crippen LogP contribution is -2.47. The maximum Gasteiger partial charge on any atom is 0.110 e. The van der Waals surface area contributed by atoms with Gasteiger partial charge in [0.15, 0.2) is 0 Å². The van der Waals surface area contributed by atoms with Gasteiger partial charge in [-0.2, -0.15) is 0 Å². The Morgan fingerprint density at radius 3 is 2.44 bits per heavy atom. The van der Waals surface area contributed by atoms with E-state index >= 15 is 0 Å². The van der Waals surface area contributed by atoms with Crippen LogP contribution in [0.1, 0.15) is 53.5 Å². The molecule has 2 aromatic carbocycles. The molecule has 0 spiro atoms. The summed E-state index contributed by atoms with van der Waals surface area (Å²) in [7, 11) is 0. The zero-order chi connectivity index (χ0) is 19.0. The molecule has 2 aliphatic rings. The summed E-state index contributed by atoms with van der Waals surface area (Å²) in [5.74, 6) is 0.631. The van der Waals surface area contributed by atoms with E-state index in [2.05, 4.69) is 18.2 Å². The van der Waals surface area contributed by atoms with Gasteiger partial charge in [-0.3, -0.25) is 0 Å². The Balaban J connectivity index is 1.61. The van der Waals surface area contributed by atoms with Crippen molar-refractivity contribution in [1.29, 1.82) is 0 Å². The Labute approximate surface area is 164 Å². The number of halogens is 1. The first kappa shape index (κ1) is 18.9. The summed E-state index contributed by atoms with van der Waals surface area (Å²) in [4.78, 5) is 0. The van der Waals surface area contributed by atoms with Gasteiger partial charge in [0, 0.05) is 11.4 Å². The molecule has 3 N–H and O–H groups in total. The number of hydrogen-bond donors (Lipinski definition) is 3. The Morgan fingerprint density at radius 2 is 1.78 bits per heavy atom. The average Bonchev–Trinajstić information content (AvgIpc) is 3.51. The maximum absolute atomic E-state index is 10.1. The van der Waals surface area contributed by atoms with Crippen LogP contribution in [0.15, 0.2) is 42.5 Å². The Bertz CT molecular complexity index is 787. The van der Waals surface area contributed by atoms with E-state index < -0.39 is 18.3 Å². The van der Waals surface area contributed by atoms with Crippen molar-refractivity contribution in [2.75, 3.05) is 6.61 Å². The molecular weight excluding hydrogens is 364 g/mol. The smallest absolute Gasteiger partial charge is 0.110 e. The number of aliphatic hydroxyl groups excluding tert-OH is 3. The van der Waals surface area contributed by atoms with E-state index in [-0.39, 0.29) is 12.7 Å². The van der Waals surface area contributed by atoms with E-state index in [9.17, 15) is 15.3 Å². The Hall–Kier alpha value is -1.43. The molecule has 27 heavy (non-hydrogen) atoms. The van der Waals surface area contributed by atoms with Gasteiger partial charge in [0.1, 0.15) is 12.2 Å². The van der Waals surface area contributed by atoms with E-state index in [0.29, 0.717) is 12.3 Å². The second kappa shape index (κ2) is 7.90. The molecule has 1 saturated heterocycles. The van der Waals surface area contributed by atoms with Gasteiger partial charge in [0.05, 0.1) is 18.8 Å². The molecule has 1 heterocycles. The molecular formula is C22H25ClO4. The Morgan fingerprint density at radius 1 is 1.04 bits per heavy atom. The molecule has 1 aliphatic heterocycles. The summed E-state index contributed by atoms with van der Waals surface area (Å²) in [5.41, 5.74) is 4.82. The molecule has 0 radical (unpaired) electrons. The van der Waals surface area contributed by atoms with Crippen LogP contribution in [-0.2, 0) is 11.2 Å². The van der Waals surface area contributed by atoms with Gasteiger partial charge in [-0.25, -0.2) is 0 Å². The molecule has 4 nitrogen and oxygen atoms in total. The lowest BCUT2D eigenvalue weighted by molar-refractivity contribution is -0.181. The molecule has 144 valence electrons. The van der Waals surface area contributed by atoms with Crippen LogP contribution >= 0.6 is 11.6 Å². The van der Waals surface area contributed by atoms with Crippen LogP contribution in [0.2, 0.25) is 5.02 Å². The average molecular weight is 389 g/mol. The standard InChI is InChI=1S/C22H25ClO4/c23-17-6-1-13(2-7-17)9-16-10-15(5-8-18(16)14-3-4-14)20-11-19(25)22(26)21(12-24)27-20/h1-2,5-8,10,14,19-22,24-26H,3-4,9,11-12H2/t19-,20-,21-,22+/m1/s1. The van der Waals surface area contributed by atoms with E-state index in [4.69, 9.17) is 16.3 Å².